The molecular formula is C25H29N5O2. The van der Waals surface area contributed by atoms with Gasteiger partial charge in [0.15, 0.2) is 5.82 Å². The van der Waals surface area contributed by atoms with E-state index in [-0.39, 0.29) is 0 Å². The number of hydrogen-bond acceptors (Lipinski definition) is 6. The Hall–Kier alpha value is -2.87. The zero-order chi connectivity index (χ0) is 21.3. The van der Waals surface area contributed by atoms with Crippen molar-refractivity contribution in [3.63, 3.8) is 0 Å². The molecule has 0 bridgehead atoms. The Bertz CT molecular complexity index is 1080. The first-order valence-electron chi connectivity index (χ1n) is 11.5. The number of hydrogen-bond donors (Lipinski definition) is 1. The lowest BCUT2D eigenvalue weighted by atomic mass is 10.0. The lowest BCUT2D eigenvalue weighted by Gasteiger charge is -2.29. The molecule has 1 N–H and O–H groups in total. The molecule has 2 aromatic carbocycles. The Kier molecular flexibility index (Phi) is 5.30. The summed E-state index contributed by atoms with van der Waals surface area (Å²) in [6, 6.07) is 15.4. The largest absolute Gasteiger partial charge is 0.483 e. The van der Waals surface area contributed by atoms with Gasteiger partial charge >= 0.3 is 0 Å². The van der Waals surface area contributed by atoms with Crippen molar-refractivity contribution in [3.8, 4) is 22.6 Å². The monoisotopic (exact) mass is 431 g/mol. The minimum atomic E-state index is 0.501. The van der Waals surface area contributed by atoms with Crippen LogP contribution in [0.3, 0.4) is 0 Å². The van der Waals surface area contributed by atoms with Crippen LogP contribution in [-0.2, 0) is 17.9 Å². The van der Waals surface area contributed by atoms with Crippen LogP contribution in [0.15, 0.2) is 48.7 Å². The van der Waals surface area contributed by atoms with Gasteiger partial charge in [-0.2, -0.15) is 0 Å². The van der Waals surface area contributed by atoms with E-state index in [1.807, 2.05) is 0 Å². The van der Waals surface area contributed by atoms with Crippen LogP contribution in [0.25, 0.3) is 16.8 Å². The molecule has 7 nitrogen and oxygen atoms in total. The third kappa shape index (κ3) is 3.88. The molecule has 3 aliphatic heterocycles. The molecular weight excluding hydrogens is 402 g/mol. The van der Waals surface area contributed by atoms with Crippen LogP contribution in [-0.4, -0.2) is 66.9 Å². The smallest absolute Gasteiger partial charge is 0.151 e. The van der Waals surface area contributed by atoms with E-state index in [0.29, 0.717) is 6.61 Å². The fourth-order valence-corrected chi connectivity index (χ4v) is 4.79. The second-order valence-electron chi connectivity index (χ2n) is 8.66. The van der Waals surface area contributed by atoms with E-state index >= 15 is 0 Å². The van der Waals surface area contributed by atoms with Crippen molar-refractivity contribution in [2.24, 2.45) is 0 Å². The topological polar surface area (TPSA) is 54.8 Å². The first-order valence-corrected chi connectivity index (χ1v) is 11.5. The van der Waals surface area contributed by atoms with E-state index < -0.39 is 0 Å². The first kappa shape index (κ1) is 19.8. The fraction of sp³-hybridized carbons (Fsp3) is 0.400. The molecule has 3 aromatic rings. The molecule has 0 atom stereocenters. The minimum Gasteiger partial charge on any atom is -0.483 e. The van der Waals surface area contributed by atoms with Crippen molar-refractivity contribution in [1.82, 2.24) is 19.8 Å². The number of fused-ring (bicyclic) bond motifs is 3. The maximum absolute atomic E-state index is 6.10. The zero-order valence-corrected chi connectivity index (χ0v) is 18.3. The van der Waals surface area contributed by atoms with Gasteiger partial charge in [0.1, 0.15) is 12.4 Å². The van der Waals surface area contributed by atoms with Crippen molar-refractivity contribution in [2.45, 2.75) is 13.2 Å². The van der Waals surface area contributed by atoms with Crippen LogP contribution in [0, 0.1) is 0 Å². The minimum absolute atomic E-state index is 0.501. The standard InChI is InChI=1S/C25H29N5O2/c1-4-22(29-9-7-26-8-10-29)5-2-19(1)20-3-6-23-24(15-20)32-18-25-27-21(17-30(23)25)16-28-11-13-31-14-12-28/h1-6,15,17,26H,7-14,16,18H2. The Balaban J connectivity index is 1.22. The molecule has 0 unspecified atom stereocenters. The second-order valence-corrected chi connectivity index (χ2v) is 8.66. The first-order chi connectivity index (χ1) is 15.8. The van der Waals surface area contributed by atoms with E-state index in [1.165, 1.54) is 16.8 Å². The summed E-state index contributed by atoms with van der Waals surface area (Å²) < 4.78 is 13.7. The summed E-state index contributed by atoms with van der Waals surface area (Å²) in [4.78, 5) is 9.66. The van der Waals surface area contributed by atoms with Gasteiger partial charge in [0.2, 0.25) is 0 Å². The highest BCUT2D eigenvalue weighted by molar-refractivity contribution is 5.70. The third-order valence-corrected chi connectivity index (χ3v) is 6.58. The van der Waals surface area contributed by atoms with Gasteiger partial charge in [0.25, 0.3) is 0 Å². The number of morpholine rings is 1. The Morgan fingerprint density at radius 2 is 1.69 bits per heavy atom. The summed E-state index contributed by atoms with van der Waals surface area (Å²) in [5, 5.41) is 3.41. The van der Waals surface area contributed by atoms with Gasteiger partial charge in [-0.3, -0.25) is 9.47 Å². The van der Waals surface area contributed by atoms with E-state index in [1.54, 1.807) is 0 Å². The van der Waals surface area contributed by atoms with Crippen LogP contribution in [0.4, 0.5) is 5.69 Å². The predicted octanol–water partition coefficient (Wildman–Crippen LogP) is 2.67. The van der Waals surface area contributed by atoms with Gasteiger partial charge in [-0.05, 0) is 35.4 Å². The molecule has 0 saturated carbocycles. The summed E-state index contributed by atoms with van der Waals surface area (Å²) in [5.74, 6) is 1.88. The van der Waals surface area contributed by atoms with Crippen molar-refractivity contribution in [3.05, 3.63) is 60.2 Å². The van der Waals surface area contributed by atoms with Crippen LogP contribution < -0.4 is 15.0 Å². The molecule has 0 spiro atoms. The lowest BCUT2D eigenvalue weighted by Crippen LogP contribution is -2.43. The fourth-order valence-electron chi connectivity index (χ4n) is 4.79. The van der Waals surface area contributed by atoms with Gasteiger partial charge in [-0.25, -0.2) is 4.98 Å². The Morgan fingerprint density at radius 1 is 0.906 bits per heavy atom. The number of anilines is 1. The molecule has 6 rings (SSSR count). The second kappa shape index (κ2) is 8.58. The highest BCUT2D eigenvalue weighted by Gasteiger charge is 2.21. The highest BCUT2D eigenvalue weighted by atomic mass is 16.5. The van der Waals surface area contributed by atoms with Gasteiger partial charge in [-0.1, -0.05) is 18.2 Å². The van der Waals surface area contributed by atoms with Crippen molar-refractivity contribution < 1.29 is 9.47 Å². The molecule has 4 heterocycles. The highest BCUT2D eigenvalue weighted by Crippen LogP contribution is 2.34. The molecule has 0 radical (unpaired) electrons. The Labute approximate surface area is 188 Å². The SMILES string of the molecule is c1cc(N2CCNCC2)ccc1-c1ccc2c(c1)OCc1nc(CN3CCOCC3)cn1-2. The summed E-state index contributed by atoms with van der Waals surface area (Å²) in [7, 11) is 0. The summed E-state index contributed by atoms with van der Waals surface area (Å²) in [6.45, 7) is 9.12. The normalized spacial score (nSPS) is 18.7. The molecule has 1 aromatic heterocycles. The Morgan fingerprint density at radius 3 is 2.50 bits per heavy atom. The third-order valence-electron chi connectivity index (χ3n) is 6.58. The van der Waals surface area contributed by atoms with E-state index in [0.717, 1.165) is 82.0 Å². The summed E-state index contributed by atoms with van der Waals surface area (Å²) >= 11 is 0. The average Bonchev–Trinajstić information content (AvgIpc) is 3.28. The van der Waals surface area contributed by atoms with E-state index in [4.69, 9.17) is 14.5 Å². The van der Waals surface area contributed by atoms with Gasteiger partial charge < -0.3 is 19.7 Å². The summed E-state index contributed by atoms with van der Waals surface area (Å²) in [6.07, 6.45) is 2.16. The molecule has 0 aliphatic carbocycles. The van der Waals surface area contributed by atoms with Crippen molar-refractivity contribution >= 4 is 5.69 Å². The summed E-state index contributed by atoms with van der Waals surface area (Å²) in [5.41, 5.74) is 5.83. The van der Waals surface area contributed by atoms with Crippen LogP contribution in [0.2, 0.25) is 0 Å². The van der Waals surface area contributed by atoms with Crippen LogP contribution >= 0.6 is 0 Å². The van der Waals surface area contributed by atoms with E-state index in [9.17, 15) is 0 Å². The maximum atomic E-state index is 6.10. The number of ether oxygens (including phenoxy) is 2. The number of piperazine rings is 1. The number of imidazole rings is 1. The predicted molar refractivity (Wildman–Crippen MR) is 125 cm³/mol. The van der Waals surface area contributed by atoms with Crippen LogP contribution in [0.1, 0.15) is 11.5 Å². The van der Waals surface area contributed by atoms with Crippen molar-refractivity contribution in [2.75, 3.05) is 57.4 Å². The number of aromatic nitrogens is 2. The molecule has 166 valence electrons. The number of rotatable bonds is 4. The van der Waals surface area contributed by atoms with Gasteiger partial charge in [0.05, 0.1) is 24.6 Å². The zero-order valence-electron chi connectivity index (χ0n) is 18.3. The lowest BCUT2D eigenvalue weighted by molar-refractivity contribution is 0.0337. The molecule has 32 heavy (non-hydrogen) atoms. The van der Waals surface area contributed by atoms with Crippen molar-refractivity contribution in [1.29, 1.82) is 0 Å². The molecule has 3 aliphatic rings. The van der Waals surface area contributed by atoms with Gasteiger partial charge in [-0.15, -0.1) is 0 Å². The quantitative estimate of drug-likeness (QED) is 0.686. The number of nitrogens with zero attached hydrogens (tertiary/aromatic N) is 4. The van der Waals surface area contributed by atoms with E-state index in [2.05, 4.69) is 68.3 Å². The number of benzene rings is 2. The maximum Gasteiger partial charge on any atom is 0.151 e. The molecule has 2 fully saturated rings. The number of nitrogens with one attached hydrogen (secondary N) is 1. The molecule has 2 saturated heterocycles. The van der Waals surface area contributed by atoms with Gasteiger partial charge in [0, 0.05) is 57.7 Å². The molecule has 7 heteroatoms. The average molecular weight is 432 g/mol. The van der Waals surface area contributed by atoms with Crippen LogP contribution in [0.5, 0.6) is 5.75 Å². The molecule has 0 amide bonds.